The first kappa shape index (κ1) is 21.0. The maximum atomic E-state index is 13.0. The fourth-order valence-corrected chi connectivity index (χ4v) is 3.88. The van der Waals surface area contributed by atoms with Crippen molar-refractivity contribution in [2.75, 3.05) is 60.0 Å². The van der Waals surface area contributed by atoms with Crippen LogP contribution in [0.3, 0.4) is 0 Å². The number of carbonyl (C=O) groups excluding carboxylic acids is 1. The third-order valence-electron chi connectivity index (χ3n) is 5.49. The monoisotopic (exact) mass is 393 g/mol. The van der Waals surface area contributed by atoms with Crippen molar-refractivity contribution in [1.29, 1.82) is 0 Å². The number of morpholine rings is 1. The van der Waals surface area contributed by atoms with Gasteiger partial charge in [-0.3, -0.25) is 4.79 Å². The zero-order valence-electron chi connectivity index (χ0n) is 17.0. The largest absolute Gasteiger partial charge is 0.491 e. The van der Waals surface area contributed by atoms with Gasteiger partial charge in [-0.05, 0) is 70.7 Å². The van der Waals surface area contributed by atoms with Crippen LogP contribution in [-0.2, 0) is 9.53 Å². The molecule has 0 aromatic heterocycles. The van der Waals surface area contributed by atoms with Gasteiger partial charge >= 0.3 is 0 Å². The van der Waals surface area contributed by atoms with Crippen LogP contribution in [0, 0.1) is 5.82 Å². The molecule has 1 aromatic carbocycles. The van der Waals surface area contributed by atoms with Crippen LogP contribution < -0.4 is 4.74 Å². The summed E-state index contributed by atoms with van der Waals surface area (Å²) >= 11 is 0. The van der Waals surface area contributed by atoms with Gasteiger partial charge in [0.2, 0.25) is 5.91 Å². The summed E-state index contributed by atoms with van der Waals surface area (Å²) in [5.41, 5.74) is 0. The third kappa shape index (κ3) is 6.15. The van der Waals surface area contributed by atoms with Gasteiger partial charge < -0.3 is 24.2 Å². The molecule has 0 aliphatic carbocycles. The minimum Gasteiger partial charge on any atom is -0.491 e. The Morgan fingerprint density at radius 1 is 1.21 bits per heavy atom. The maximum absolute atomic E-state index is 13.0. The number of piperidine rings is 1. The van der Waals surface area contributed by atoms with Gasteiger partial charge in [0.25, 0.3) is 0 Å². The van der Waals surface area contributed by atoms with E-state index in [1.54, 1.807) is 12.1 Å². The molecule has 0 radical (unpaired) electrons. The molecule has 2 heterocycles. The van der Waals surface area contributed by atoms with Crippen LogP contribution in [0.5, 0.6) is 5.75 Å². The molecular weight excluding hydrogens is 361 g/mol. The van der Waals surface area contributed by atoms with E-state index in [1.807, 2.05) is 4.90 Å². The Hall–Kier alpha value is -1.70. The highest BCUT2D eigenvalue weighted by atomic mass is 19.1. The lowest BCUT2D eigenvalue weighted by atomic mass is 10.0. The van der Waals surface area contributed by atoms with Crippen molar-refractivity contribution in [2.45, 2.75) is 31.4 Å². The summed E-state index contributed by atoms with van der Waals surface area (Å²) in [6.45, 7) is 5.34. The fraction of sp³-hybridized carbons (Fsp3) is 0.667. The second kappa shape index (κ2) is 10.2. The van der Waals surface area contributed by atoms with Crippen LogP contribution >= 0.6 is 0 Å². The van der Waals surface area contributed by atoms with E-state index in [2.05, 4.69) is 23.9 Å². The zero-order valence-corrected chi connectivity index (χ0v) is 17.0. The lowest BCUT2D eigenvalue weighted by molar-refractivity contribution is -0.155. The number of carbonyl (C=O) groups is 1. The van der Waals surface area contributed by atoms with E-state index in [0.717, 1.165) is 39.0 Å². The lowest BCUT2D eigenvalue weighted by Gasteiger charge is -2.42. The highest BCUT2D eigenvalue weighted by Crippen LogP contribution is 2.21. The number of hydrogen-bond acceptors (Lipinski definition) is 5. The second-order valence-corrected chi connectivity index (χ2v) is 7.97. The predicted octanol–water partition coefficient (Wildman–Crippen LogP) is 1.85. The van der Waals surface area contributed by atoms with Crippen LogP contribution in [0.1, 0.15) is 19.3 Å². The lowest BCUT2D eigenvalue weighted by Crippen LogP contribution is -2.55. The molecule has 2 fully saturated rings. The van der Waals surface area contributed by atoms with Gasteiger partial charge in [0.05, 0.1) is 6.54 Å². The van der Waals surface area contributed by atoms with E-state index in [1.165, 1.54) is 18.6 Å². The van der Waals surface area contributed by atoms with Crippen LogP contribution in [-0.4, -0.2) is 92.8 Å². The van der Waals surface area contributed by atoms with Crippen molar-refractivity contribution < 1.29 is 18.7 Å². The number of benzene rings is 1. The van der Waals surface area contributed by atoms with Crippen molar-refractivity contribution in [3.63, 3.8) is 0 Å². The number of ether oxygens (including phenoxy) is 2. The Morgan fingerprint density at radius 3 is 2.61 bits per heavy atom. The fourth-order valence-electron chi connectivity index (χ4n) is 3.88. The van der Waals surface area contributed by atoms with Crippen molar-refractivity contribution in [3.8, 4) is 5.75 Å². The predicted molar refractivity (Wildman–Crippen MR) is 106 cm³/mol. The molecule has 1 aromatic rings. The number of nitrogens with zero attached hydrogens (tertiary/aromatic N) is 3. The maximum Gasteiger partial charge on any atom is 0.248 e. The highest BCUT2D eigenvalue weighted by Gasteiger charge is 2.33. The molecule has 28 heavy (non-hydrogen) atoms. The van der Waals surface area contributed by atoms with Gasteiger partial charge in [0, 0.05) is 19.1 Å². The summed E-state index contributed by atoms with van der Waals surface area (Å²) in [5.74, 6) is 0.398. The molecule has 2 aliphatic rings. The standard InChI is InChI=1S/C21H32FN3O3/c1-23(2)10-3-11-24-12-8-18(9-13-24)25-14-20(28-16-21(25)26)15-27-19-6-4-17(22)5-7-19/h4-7,18,20H,3,8-16H2,1-2H3/t20-/m1/s1. The SMILES string of the molecule is CN(C)CCCN1CCC(N2C[C@H](COc3ccc(F)cc3)OCC2=O)CC1. The zero-order chi connectivity index (χ0) is 19.9. The number of amides is 1. The molecule has 2 aliphatic heterocycles. The van der Waals surface area contributed by atoms with Crippen molar-refractivity contribution in [1.82, 2.24) is 14.7 Å². The molecule has 7 heteroatoms. The van der Waals surface area contributed by atoms with Gasteiger partial charge in [-0.25, -0.2) is 4.39 Å². The Labute approximate surface area is 167 Å². The molecule has 0 N–H and O–H groups in total. The van der Waals surface area contributed by atoms with E-state index >= 15 is 0 Å². The van der Waals surface area contributed by atoms with Crippen LogP contribution in [0.2, 0.25) is 0 Å². The van der Waals surface area contributed by atoms with Gasteiger partial charge in [-0.2, -0.15) is 0 Å². The quantitative estimate of drug-likeness (QED) is 0.675. The van der Waals surface area contributed by atoms with Crippen LogP contribution in [0.4, 0.5) is 4.39 Å². The van der Waals surface area contributed by atoms with E-state index in [9.17, 15) is 9.18 Å². The number of rotatable bonds is 8. The molecule has 0 saturated carbocycles. The van der Waals surface area contributed by atoms with E-state index < -0.39 is 0 Å². The first-order valence-electron chi connectivity index (χ1n) is 10.2. The summed E-state index contributed by atoms with van der Waals surface area (Å²) in [7, 11) is 4.21. The Balaban J connectivity index is 1.43. The molecule has 1 amide bonds. The smallest absolute Gasteiger partial charge is 0.248 e. The molecule has 3 rings (SSSR count). The summed E-state index contributed by atoms with van der Waals surface area (Å²) in [4.78, 5) is 19.1. The van der Waals surface area contributed by atoms with Crippen LogP contribution in [0.25, 0.3) is 0 Å². The molecule has 6 nitrogen and oxygen atoms in total. The molecule has 2 saturated heterocycles. The van der Waals surface area contributed by atoms with E-state index in [-0.39, 0.29) is 30.5 Å². The Bertz CT molecular complexity index is 618. The van der Waals surface area contributed by atoms with Crippen molar-refractivity contribution in [2.24, 2.45) is 0 Å². The van der Waals surface area contributed by atoms with Gasteiger partial charge in [0.15, 0.2) is 0 Å². The molecule has 156 valence electrons. The molecule has 0 unspecified atom stereocenters. The first-order valence-corrected chi connectivity index (χ1v) is 10.2. The Kier molecular flexibility index (Phi) is 7.65. The summed E-state index contributed by atoms with van der Waals surface area (Å²) in [6.07, 6.45) is 3.05. The van der Waals surface area contributed by atoms with Gasteiger partial charge in [-0.15, -0.1) is 0 Å². The van der Waals surface area contributed by atoms with E-state index in [4.69, 9.17) is 9.47 Å². The van der Waals surface area contributed by atoms with Crippen molar-refractivity contribution >= 4 is 5.91 Å². The first-order chi connectivity index (χ1) is 13.5. The summed E-state index contributed by atoms with van der Waals surface area (Å²) in [5, 5.41) is 0. The summed E-state index contributed by atoms with van der Waals surface area (Å²) in [6, 6.07) is 6.24. The number of hydrogen-bond donors (Lipinski definition) is 0. The normalized spacial score (nSPS) is 22.1. The van der Waals surface area contributed by atoms with Crippen LogP contribution in [0.15, 0.2) is 24.3 Å². The Morgan fingerprint density at radius 2 is 1.93 bits per heavy atom. The van der Waals surface area contributed by atoms with Gasteiger partial charge in [-0.1, -0.05) is 0 Å². The minimum atomic E-state index is -0.286. The second-order valence-electron chi connectivity index (χ2n) is 7.97. The van der Waals surface area contributed by atoms with Gasteiger partial charge in [0.1, 0.15) is 30.9 Å². The summed E-state index contributed by atoms with van der Waals surface area (Å²) < 4.78 is 24.3. The third-order valence-corrected chi connectivity index (χ3v) is 5.49. The number of likely N-dealkylation sites (tertiary alicyclic amines) is 1. The topological polar surface area (TPSA) is 45.2 Å². The molecule has 0 spiro atoms. The average Bonchev–Trinajstić information content (AvgIpc) is 2.69. The molecular formula is C21H32FN3O3. The minimum absolute atomic E-state index is 0.0732. The van der Waals surface area contributed by atoms with E-state index in [0.29, 0.717) is 18.9 Å². The highest BCUT2D eigenvalue weighted by molar-refractivity contribution is 5.78. The number of halogens is 1. The molecule has 0 bridgehead atoms. The molecule has 1 atom stereocenters. The van der Waals surface area contributed by atoms with Crippen molar-refractivity contribution in [3.05, 3.63) is 30.1 Å². The average molecular weight is 394 g/mol.